The molecule has 0 aliphatic carbocycles. The van der Waals surface area contributed by atoms with Crippen LogP contribution in [0.1, 0.15) is 40.2 Å². The summed E-state index contributed by atoms with van der Waals surface area (Å²) in [5.41, 5.74) is 4.00. The average molecular weight is 423 g/mol. The minimum Gasteiger partial charge on any atom is -0.377 e. The molecule has 2 heterocycles. The lowest BCUT2D eigenvalue weighted by molar-refractivity contribution is 0.0792. The van der Waals surface area contributed by atoms with E-state index in [0.29, 0.717) is 12.4 Å². The molecule has 30 heavy (non-hydrogen) atoms. The lowest BCUT2D eigenvalue weighted by Crippen LogP contribution is -2.28. The smallest absolute Gasteiger partial charge is 0.254 e. The Morgan fingerprint density at radius 1 is 1.07 bits per heavy atom. The molecule has 0 N–H and O–H groups in total. The molecule has 0 atom stereocenters. The van der Waals surface area contributed by atoms with Crippen LogP contribution >= 0.6 is 11.8 Å². The minimum absolute atomic E-state index is 0.128. The number of methoxy groups -OCH3 is 1. The van der Waals surface area contributed by atoms with Gasteiger partial charge in [0.05, 0.1) is 0 Å². The first-order chi connectivity index (χ1) is 14.7. The van der Waals surface area contributed by atoms with E-state index in [2.05, 4.69) is 41.4 Å². The Morgan fingerprint density at radius 3 is 2.53 bits per heavy atom. The van der Waals surface area contributed by atoms with E-state index in [1.54, 1.807) is 18.9 Å². The van der Waals surface area contributed by atoms with E-state index in [0.717, 1.165) is 53.7 Å². The number of likely N-dealkylation sites (tertiary alicyclic amines) is 1. The van der Waals surface area contributed by atoms with Crippen molar-refractivity contribution >= 4 is 17.7 Å². The Labute approximate surface area is 181 Å². The predicted octanol–water partition coefficient (Wildman–Crippen LogP) is 4.25. The van der Waals surface area contributed by atoms with Gasteiger partial charge in [0.2, 0.25) is 0 Å². The molecule has 1 fully saturated rings. The molecule has 156 valence electrons. The number of carbonyl (C=O) groups is 1. The zero-order chi connectivity index (χ0) is 20.9. The van der Waals surface area contributed by atoms with Gasteiger partial charge in [0.15, 0.2) is 11.0 Å². The normalized spacial score (nSPS) is 13.7. The Kier molecular flexibility index (Phi) is 6.50. The summed E-state index contributed by atoms with van der Waals surface area (Å²) in [6.45, 7) is 4.15. The van der Waals surface area contributed by atoms with Gasteiger partial charge in [-0.1, -0.05) is 47.7 Å². The number of nitrogens with zero attached hydrogens (tertiary/aromatic N) is 4. The Balaban J connectivity index is 1.59. The molecule has 4 rings (SSSR count). The van der Waals surface area contributed by atoms with E-state index in [-0.39, 0.29) is 5.91 Å². The minimum atomic E-state index is 0.128. The van der Waals surface area contributed by atoms with Gasteiger partial charge >= 0.3 is 0 Å². The standard InChI is InChI=1S/C23H26N4O2S/c1-17-9-11-19(12-10-17)27-21(15-29-2)24-25-23(27)30-16-18-7-3-4-8-20(18)22(28)26-13-5-6-14-26/h3-4,7-12H,5-6,13-16H2,1-2H3. The Morgan fingerprint density at radius 2 is 1.80 bits per heavy atom. The van der Waals surface area contributed by atoms with Gasteiger partial charge in [-0.25, -0.2) is 0 Å². The first-order valence-electron chi connectivity index (χ1n) is 10.2. The van der Waals surface area contributed by atoms with E-state index in [4.69, 9.17) is 4.74 Å². The monoisotopic (exact) mass is 422 g/mol. The van der Waals surface area contributed by atoms with Crippen molar-refractivity contribution in [3.8, 4) is 5.69 Å². The summed E-state index contributed by atoms with van der Waals surface area (Å²) in [4.78, 5) is 14.9. The van der Waals surface area contributed by atoms with Gasteiger partial charge in [-0.3, -0.25) is 9.36 Å². The summed E-state index contributed by atoms with van der Waals surface area (Å²) in [6.07, 6.45) is 2.18. The number of ether oxygens (including phenoxy) is 1. The molecule has 1 aliphatic rings. The molecule has 7 heteroatoms. The summed E-state index contributed by atoms with van der Waals surface area (Å²) in [5.74, 6) is 1.53. The van der Waals surface area contributed by atoms with Gasteiger partial charge < -0.3 is 9.64 Å². The van der Waals surface area contributed by atoms with E-state index in [1.165, 1.54) is 5.56 Å². The maximum Gasteiger partial charge on any atom is 0.254 e. The third-order valence-corrected chi connectivity index (χ3v) is 6.24. The quantitative estimate of drug-likeness (QED) is 0.533. The largest absolute Gasteiger partial charge is 0.377 e. The topological polar surface area (TPSA) is 60.3 Å². The number of hydrogen-bond acceptors (Lipinski definition) is 5. The zero-order valence-corrected chi connectivity index (χ0v) is 18.2. The lowest BCUT2D eigenvalue weighted by Gasteiger charge is -2.17. The molecule has 3 aromatic rings. The van der Waals surface area contributed by atoms with Crippen molar-refractivity contribution in [2.45, 2.75) is 37.3 Å². The molecule has 0 spiro atoms. The zero-order valence-electron chi connectivity index (χ0n) is 17.4. The van der Waals surface area contributed by atoms with Crippen molar-refractivity contribution < 1.29 is 9.53 Å². The summed E-state index contributed by atoms with van der Waals surface area (Å²) in [6, 6.07) is 16.1. The number of hydrogen-bond donors (Lipinski definition) is 0. The van der Waals surface area contributed by atoms with Crippen molar-refractivity contribution in [3.63, 3.8) is 0 Å². The third-order valence-electron chi connectivity index (χ3n) is 5.26. The third kappa shape index (κ3) is 4.42. The first kappa shape index (κ1) is 20.6. The second kappa shape index (κ2) is 9.45. The molecular formula is C23H26N4O2S. The SMILES string of the molecule is COCc1nnc(SCc2ccccc2C(=O)N2CCCC2)n1-c1ccc(C)cc1. The van der Waals surface area contributed by atoms with Crippen LogP contribution in [0.3, 0.4) is 0 Å². The highest BCUT2D eigenvalue weighted by Crippen LogP contribution is 2.28. The van der Waals surface area contributed by atoms with Crippen LogP contribution in [-0.2, 0) is 17.1 Å². The van der Waals surface area contributed by atoms with Crippen molar-refractivity contribution in [1.29, 1.82) is 0 Å². The summed E-state index contributed by atoms with van der Waals surface area (Å²) in [7, 11) is 1.65. The van der Waals surface area contributed by atoms with Gasteiger partial charge in [0.1, 0.15) is 6.61 Å². The highest BCUT2D eigenvalue weighted by molar-refractivity contribution is 7.98. The second-order valence-electron chi connectivity index (χ2n) is 7.45. The van der Waals surface area contributed by atoms with Crippen LogP contribution in [0.15, 0.2) is 53.7 Å². The fourth-order valence-electron chi connectivity index (χ4n) is 3.66. The molecule has 6 nitrogen and oxygen atoms in total. The molecule has 0 radical (unpaired) electrons. The molecule has 0 unspecified atom stereocenters. The Bertz CT molecular complexity index is 1010. The number of aromatic nitrogens is 3. The summed E-state index contributed by atoms with van der Waals surface area (Å²) in [5, 5.41) is 9.52. The number of aryl methyl sites for hydroxylation is 1. The molecule has 1 aromatic heterocycles. The maximum atomic E-state index is 13.0. The number of amides is 1. The van der Waals surface area contributed by atoms with E-state index in [1.807, 2.05) is 33.7 Å². The maximum absolute atomic E-state index is 13.0. The fourth-order valence-corrected chi connectivity index (χ4v) is 4.63. The van der Waals surface area contributed by atoms with Gasteiger partial charge in [-0.15, -0.1) is 10.2 Å². The highest BCUT2D eigenvalue weighted by atomic mass is 32.2. The molecule has 2 aromatic carbocycles. The second-order valence-corrected chi connectivity index (χ2v) is 8.39. The van der Waals surface area contributed by atoms with E-state index >= 15 is 0 Å². The Hall–Kier alpha value is -2.64. The van der Waals surface area contributed by atoms with Gasteiger partial charge in [0.25, 0.3) is 5.91 Å². The number of rotatable bonds is 7. The number of thioether (sulfide) groups is 1. The van der Waals surface area contributed by atoms with Crippen LogP contribution in [0.2, 0.25) is 0 Å². The molecular weight excluding hydrogens is 396 g/mol. The molecule has 0 bridgehead atoms. The van der Waals surface area contributed by atoms with Crippen LogP contribution in [0.4, 0.5) is 0 Å². The average Bonchev–Trinajstić information content (AvgIpc) is 3.43. The summed E-state index contributed by atoms with van der Waals surface area (Å²) >= 11 is 1.58. The highest BCUT2D eigenvalue weighted by Gasteiger charge is 2.22. The van der Waals surface area contributed by atoms with Gasteiger partial charge in [-0.05, 0) is 43.5 Å². The number of benzene rings is 2. The lowest BCUT2D eigenvalue weighted by atomic mass is 10.1. The summed E-state index contributed by atoms with van der Waals surface area (Å²) < 4.78 is 7.34. The van der Waals surface area contributed by atoms with Crippen molar-refractivity contribution in [3.05, 3.63) is 71.0 Å². The molecule has 1 amide bonds. The van der Waals surface area contributed by atoms with Crippen molar-refractivity contribution in [1.82, 2.24) is 19.7 Å². The molecule has 1 saturated heterocycles. The van der Waals surface area contributed by atoms with Crippen LogP contribution in [0, 0.1) is 6.92 Å². The molecule has 1 aliphatic heterocycles. The van der Waals surface area contributed by atoms with Crippen LogP contribution in [0.25, 0.3) is 5.69 Å². The van der Waals surface area contributed by atoms with Gasteiger partial charge in [-0.2, -0.15) is 0 Å². The van der Waals surface area contributed by atoms with E-state index < -0.39 is 0 Å². The first-order valence-corrected chi connectivity index (χ1v) is 11.2. The van der Waals surface area contributed by atoms with Crippen molar-refractivity contribution in [2.75, 3.05) is 20.2 Å². The fraction of sp³-hybridized carbons (Fsp3) is 0.348. The molecule has 0 saturated carbocycles. The van der Waals surface area contributed by atoms with E-state index in [9.17, 15) is 4.79 Å². The van der Waals surface area contributed by atoms with Crippen LogP contribution in [-0.4, -0.2) is 45.8 Å². The van der Waals surface area contributed by atoms with Gasteiger partial charge in [0, 0.05) is 37.2 Å². The van der Waals surface area contributed by atoms with Crippen molar-refractivity contribution in [2.24, 2.45) is 0 Å². The van der Waals surface area contributed by atoms with Crippen LogP contribution < -0.4 is 0 Å². The number of carbonyl (C=O) groups excluding carboxylic acids is 1. The van der Waals surface area contributed by atoms with Crippen LogP contribution in [0.5, 0.6) is 0 Å². The predicted molar refractivity (Wildman–Crippen MR) is 118 cm³/mol.